The highest BCUT2D eigenvalue weighted by atomic mass is 32.1. The van der Waals surface area contributed by atoms with Crippen molar-refractivity contribution in [3.8, 4) is 17.3 Å². The Hall–Kier alpha value is -2.38. The van der Waals surface area contributed by atoms with Crippen molar-refractivity contribution in [1.82, 2.24) is 4.98 Å². The zero-order chi connectivity index (χ0) is 14.3. The van der Waals surface area contributed by atoms with E-state index in [1.165, 1.54) is 9.75 Å². The molecule has 3 rings (SSSR count). The molecule has 98 valence electrons. The number of aromatic amines is 1. The number of nitrogens with zero attached hydrogens (tertiary/aromatic N) is 1. The second-order valence-corrected chi connectivity index (χ2v) is 6.19. The van der Waals surface area contributed by atoms with E-state index in [1.54, 1.807) is 23.5 Å². The summed E-state index contributed by atoms with van der Waals surface area (Å²) in [5.41, 5.74) is 3.96. The Morgan fingerprint density at radius 1 is 1.30 bits per heavy atom. The summed E-state index contributed by atoms with van der Waals surface area (Å²) in [5.74, 6) is 0. The summed E-state index contributed by atoms with van der Waals surface area (Å²) in [6.45, 7) is 4.10. The van der Waals surface area contributed by atoms with Crippen molar-refractivity contribution < 1.29 is 4.79 Å². The molecule has 0 bridgehead atoms. The minimum Gasteiger partial charge on any atom is -0.354 e. The molecule has 0 spiro atoms. The van der Waals surface area contributed by atoms with Crippen LogP contribution < -0.4 is 0 Å². The molecular weight excluding hydrogens is 268 g/mol. The van der Waals surface area contributed by atoms with Gasteiger partial charge in [0.1, 0.15) is 0 Å². The fourth-order valence-electron chi connectivity index (χ4n) is 2.50. The lowest BCUT2D eigenvalue weighted by atomic mass is 10.1. The van der Waals surface area contributed by atoms with Crippen LogP contribution in [0.25, 0.3) is 22.2 Å². The maximum Gasteiger partial charge on any atom is 0.152 e. The van der Waals surface area contributed by atoms with Gasteiger partial charge in [-0.15, -0.1) is 11.3 Å². The predicted molar refractivity (Wildman–Crippen MR) is 81.2 cm³/mol. The number of thiophene rings is 1. The third-order valence-electron chi connectivity index (χ3n) is 3.40. The molecule has 0 aliphatic carbocycles. The summed E-state index contributed by atoms with van der Waals surface area (Å²) < 4.78 is 0. The highest BCUT2D eigenvalue weighted by Crippen LogP contribution is 2.35. The number of aldehydes is 1. The zero-order valence-electron chi connectivity index (χ0n) is 11.2. The Kier molecular flexibility index (Phi) is 2.92. The van der Waals surface area contributed by atoms with Gasteiger partial charge in [0.2, 0.25) is 0 Å². The van der Waals surface area contributed by atoms with Gasteiger partial charge in [-0.05, 0) is 38.1 Å². The summed E-state index contributed by atoms with van der Waals surface area (Å²) in [6.07, 6.45) is 0.863. The van der Waals surface area contributed by atoms with Gasteiger partial charge in [-0.25, -0.2) is 0 Å². The van der Waals surface area contributed by atoms with Crippen molar-refractivity contribution in [1.29, 1.82) is 5.26 Å². The van der Waals surface area contributed by atoms with E-state index < -0.39 is 0 Å². The largest absolute Gasteiger partial charge is 0.354 e. The molecule has 2 heterocycles. The van der Waals surface area contributed by atoms with Crippen molar-refractivity contribution in [2.75, 3.05) is 0 Å². The zero-order valence-corrected chi connectivity index (χ0v) is 12.0. The molecule has 0 saturated carbocycles. The number of fused-ring (bicyclic) bond motifs is 1. The van der Waals surface area contributed by atoms with E-state index in [4.69, 9.17) is 5.26 Å². The minimum absolute atomic E-state index is 0.560. The third kappa shape index (κ3) is 1.84. The lowest BCUT2D eigenvalue weighted by molar-refractivity contribution is 0.112. The van der Waals surface area contributed by atoms with Gasteiger partial charge in [0.25, 0.3) is 0 Å². The van der Waals surface area contributed by atoms with Gasteiger partial charge < -0.3 is 4.98 Å². The number of nitriles is 1. The quantitative estimate of drug-likeness (QED) is 0.715. The number of hydrogen-bond acceptors (Lipinski definition) is 3. The Labute approximate surface area is 120 Å². The Morgan fingerprint density at radius 2 is 2.10 bits per heavy atom. The van der Waals surface area contributed by atoms with Gasteiger partial charge >= 0.3 is 0 Å². The maximum atomic E-state index is 11.5. The number of benzene rings is 1. The fourth-order valence-corrected chi connectivity index (χ4v) is 3.43. The number of rotatable bonds is 2. The molecule has 0 amide bonds. The van der Waals surface area contributed by atoms with Crippen molar-refractivity contribution >= 4 is 28.5 Å². The number of aromatic nitrogens is 1. The molecule has 20 heavy (non-hydrogen) atoms. The van der Waals surface area contributed by atoms with E-state index in [0.717, 1.165) is 28.4 Å². The molecule has 4 heteroatoms. The van der Waals surface area contributed by atoms with Crippen molar-refractivity contribution in [2.45, 2.75) is 13.8 Å². The van der Waals surface area contributed by atoms with Crippen LogP contribution in [0.2, 0.25) is 0 Å². The molecule has 0 fully saturated rings. The van der Waals surface area contributed by atoms with Gasteiger partial charge in [0.15, 0.2) is 6.29 Å². The summed E-state index contributed by atoms with van der Waals surface area (Å²) in [4.78, 5) is 17.2. The van der Waals surface area contributed by atoms with Gasteiger partial charge in [0.05, 0.1) is 17.3 Å². The van der Waals surface area contributed by atoms with Gasteiger partial charge in [-0.1, -0.05) is 0 Å². The van der Waals surface area contributed by atoms with E-state index in [9.17, 15) is 4.79 Å². The van der Waals surface area contributed by atoms with Gasteiger partial charge in [-0.2, -0.15) is 5.26 Å². The van der Waals surface area contributed by atoms with E-state index in [0.29, 0.717) is 11.1 Å². The van der Waals surface area contributed by atoms with Crippen molar-refractivity contribution in [3.05, 3.63) is 45.1 Å². The topological polar surface area (TPSA) is 56.6 Å². The molecule has 0 atom stereocenters. The summed E-state index contributed by atoms with van der Waals surface area (Å²) in [5, 5.41) is 9.79. The van der Waals surface area contributed by atoms with E-state index >= 15 is 0 Å². The summed E-state index contributed by atoms with van der Waals surface area (Å²) >= 11 is 1.71. The first kappa shape index (κ1) is 12.6. The lowest BCUT2D eigenvalue weighted by Gasteiger charge is -1.97. The molecular formula is C16H12N2OS. The Balaban J connectivity index is 2.34. The highest BCUT2D eigenvalue weighted by molar-refractivity contribution is 7.12. The van der Waals surface area contributed by atoms with Crippen LogP contribution in [0.4, 0.5) is 0 Å². The average molecular weight is 280 g/mol. The Bertz CT molecular complexity index is 865. The van der Waals surface area contributed by atoms with Crippen molar-refractivity contribution in [2.24, 2.45) is 0 Å². The number of nitrogens with one attached hydrogen (secondary N) is 1. The number of carbonyl (C=O) groups is 1. The van der Waals surface area contributed by atoms with Crippen molar-refractivity contribution in [3.63, 3.8) is 0 Å². The molecule has 0 radical (unpaired) electrons. The highest BCUT2D eigenvalue weighted by Gasteiger charge is 2.16. The molecule has 2 aromatic heterocycles. The van der Waals surface area contributed by atoms with Crippen LogP contribution in [-0.2, 0) is 0 Å². The molecule has 0 saturated heterocycles. The maximum absolute atomic E-state index is 11.5. The number of hydrogen-bond donors (Lipinski definition) is 1. The third-order valence-corrected chi connectivity index (χ3v) is 4.36. The normalized spacial score (nSPS) is 10.7. The molecule has 3 aromatic rings. The number of carbonyl (C=O) groups excluding carboxylic acids is 1. The standard InChI is InChI=1S/C16H12N2OS/c1-9-5-12(10(2)20-9)16-14(8-19)13-6-11(7-17)3-4-15(13)18-16/h3-6,8,18H,1-2H3. The lowest BCUT2D eigenvalue weighted by Crippen LogP contribution is -1.84. The number of H-pyrrole nitrogens is 1. The molecule has 0 aliphatic heterocycles. The number of aryl methyl sites for hydroxylation is 2. The van der Waals surface area contributed by atoms with E-state index in [-0.39, 0.29) is 0 Å². The minimum atomic E-state index is 0.560. The SMILES string of the molecule is Cc1cc(-c2[nH]c3ccc(C#N)cc3c2C=O)c(C)s1. The molecule has 0 unspecified atom stereocenters. The van der Waals surface area contributed by atoms with Crippen LogP contribution in [0.3, 0.4) is 0 Å². The van der Waals surface area contributed by atoms with Crippen LogP contribution in [0.5, 0.6) is 0 Å². The predicted octanol–water partition coefficient (Wildman–Crippen LogP) is 4.20. The first-order valence-electron chi connectivity index (χ1n) is 6.22. The van der Waals surface area contributed by atoms with Crippen LogP contribution in [-0.4, -0.2) is 11.3 Å². The Morgan fingerprint density at radius 3 is 2.70 bits per heavy atom. The summed E-state index contributed by atoms with van der Waals surface area (Å²) in [6, 6.07) is 9.55. The molecule has 0 aliphatic rings. The second kappa shape index (κ2) is 4.62. The average Bonchev–Trinajstić information content (AvgIpc) is 2.96. The molecule has 1 N–H and O–H groups in total. The second-order valence-electron chi connectivity index (χ2n) is 4.73. The first-order valence-corrected chi connectivity index (χ1v) is 7.04. The fraction of sp³-hybridized carbons (Fsp3) is 0.125. The van der Waals surface area contributed by atoms with E-state index in [1.807, 2.05) is 13.0 Å². The van der Waals surface area contributed by atoms with E-state index in [2.05, 4.69) is 24.0 Å². The molecule has 1 aromatic carbocycles. The first-order chi connectivity index (χ1) is 9.63. The van der Waals surface area contributed by atoms with Crippen LogP contribution in [0, 0.1) is 25.2 Å². The monoisotopic (exact) mass is 280 g/mol. The summed E-state index contributed by atoms with van der Waals surface area (Å²) in [7, 11) is 0. The van der Waals surface area contributed by atoms with Crippen LogP contribution in [0.1, 0.15) is 25.7 Å². The van der Waals surface area contributed by atoms with Gasteiger partial charge in [0, 0.05) is 31.8 Å². The van der Waals surface area contributed by atoms with Crippen LogP contribution >= 0.6 is 11.3 Å². The molecule has 3 nitrogen and oxygen atoms in total. The van der Waals surface area contributed by atoms with Crippen LogP contribution in [0.15, 0.2) is 24.3 Å². The smallest absolute Gasteiger partial charge is 0.152 e. The van der Waals surface area contributed by atoms with Gasteiger partial charge in [-0.3, -0.25) is 4.79 Å².